The molecule has 7 nitrogen and oxygen atoms in total. The molecule has 0 bridgehead atoms. The fraction of sp³-hybridized carbons (Fsp3) is 0.368. The van der Waals surface area contributed by atoms with Crippen LogP contribution in [-0.4, -0.2) is 29.5 Å². The van der Waals surface area contributed by atoms with Gasteiger partial charge in [0, 0.05) is 29.3 Å². The van der Waals surface area contributed by atoms with Crippen LogP contribution in [0.15, 0.2) is 34.8 Å². The molecule has 1 fully saturated rings. The number of nitrogens with two attached hydrogens (primary N) is 2. The van der Waals surface area contributed by atoms with Gasteiger partial charge in [0.05, 0.1) is 29.5 Å². The Bertz CT molecular complexity index is 924. The number of rotatable bonds is 4. The van der Waals surface area contributed by atoms with Crippen molar-refractivity contribution in [2.24, 2.45) is 22.5 Å². The summed E-state index contributed by atoms with van der Waals surface area (Å²) in [6.45, 7) is 1.56. The number of ether oxygens (including phenoxy) is 1. The van der Waals surface area contributed by atoms with Crippen molar-refractivity contribution in [3.05, 3.63) is 51.6 Å². The van der Waals surface area contributed by atoms with E-state index in [0.29, 0.717) is 29.8 Å². The molecule has 1 aromatic carbocycles. The third-order valence-corrected chi connectivity index (χ3v) is 5.35. The molecular formula is C19H21ClFN3O4. The van der Waals surface area contributed by atoms with Crippen molar-refractivity contribution in [3.63, 3.8) is 0 Å². The smallest absolute Gasteiger partial charge is 0.353 e. The quantitative estimate of drug-likeness (QED) is 0.399. The summed E-state index contributed by atoms with van der Waals surface area (Å²) < 4.78 is 19.4. The summed E-state index contributed by atoms with van der Waals surface area (Å²) in [7, 11) is 1.29. The van der Waals surface area contributed by atoms with Crippen LogP contribution in [0.2, 0.25) is 5.02 Å². The van der Waals surface area contributed by atoms with E-state index in [0.717, 1.165) is 12.5 Å². The molecular weight excluding hydrogens is 389 g/mol. The molecule has 1 aliphatic carbocycles. The Hall–Kier alpha value is -2.74. The molecule has 0 saturated heterocycles. The third-order valence-electron chi connectivity index (χ3n) is 5.03. The molecule has 9 heteroatoms. The van der Waals surface area contributed by atoms with Crippen molar-refractivity contribution < 1.29 is 23.9 Å². The molecule has 0 aromatic heterocycles. The number of aliphatic hydroxyl groups excluding tert-OH is 1. The van der Waals surface area contributed by atoms with Crippen LogP contribution in [-0.2, 0) is 14.4 Å². The van der Waals surface area contributed by atoms with E-state index in [2.05, 4.69) is 5.16 Å². The van der Waals surface area contributed by atoms with Gasteiger partial charge in [-0.25, -0.2) is 9.18 Å². The number of benzene rings is 1. The molecule has 0 radical (unpaired) electrons. The Morgan fingerprint density at radius 3 is 2.86 bits per heavy atom. The highest BCUT2D eigenvalue weighted by Gasteiger charge is 2.59. The zero-order valence-electron chi connectivity index (χ0n) is 15.5. The first-order chi connectivity index (χ1) is 13.2. The minimum Gasteiger partial charge on any atom is -0.506 e. The number of fused-ring (bicyclic) bond motifs is 1. The zero-order valence-corrected chi connectivity index (χ0v) is 16.2. The van der Waals surface area contributed by atoms with Gasteiger partial charge < -0.3 is 26.1 Å². The SMILES string of the molecule is COC(=O)C12CCCC1C(c1cc(/C(N)=C(O)/C=C(/C)N)c(F)cc1Cl)=NO2. The second-order valence-corrected chi connectivity index (χ2v) is 7.30. The van der Waals surface area contributed by atoms with E-state index in [1.54, 1.807) is 6.92 Å². The highest BCUT2D eigenvalue weighted by molar-refractivity contribution is 6.34. The maximum atomic E-state index is 14.5. The van der Waals surface area contributed by atoms with E-state index < -0.39 is 17.4 Å². The van der Waals surface area contributed by atoms with E-state index in [1.165, 1.54) is 19.3 Å². The van der Waals surface area contributed by atoms with Gasteiger partial charge in [-0.3, -0.25) is 0 Å². The first kappa shape index (κ1) is 20.0. The zero-order chi connectivity index (χ0) is 20.6. The van der Waals surface area contributed by atoms with Crippen molar-refractivity contribution in [3.8, 4) is 0 Å². The second-order valence-electron chi connectivity index (χ2n) is 6.89. The minimum absolute atomic E-state index is 0.0642. The summed E-state index contributed by atoms with van der Waals surface area (Å²) >= 11 is 6.26. The molecule has 2 unspecified atom stereocenters. The average Bonchev–Trinajstić information content (AvgIpc) is 3.20. The fourth-order valence-corrected chi connectivity index (χ4v) is 3.96. The van der Waals surface area contributed by atoms with Gasteiger partial charge >= 0.3 is 5.97 Å². The average molecular weight is 410 g/mol. The van der Waals surface area contributed by atoms with Crippen LogP contribution in [0.1, 0.15) is 37.3 Å². The van der Waals surface area contributed by atoms with Crippen molar-refractivity contribution in [1.82, 2.24) is 0 Å². The lowest BCUT2D eigenvalue weighted by atomic mass is 9.84. The molecule has 1 aliphatic heterocycles. The summed E-state index contributed by atoms with van der Waals surface area (Å²) in [5, 5.41) is 14.2. The minimum atomic E-state index is -1.19. The molecule has 0 spiro atoms. The summed E-state index contributed by atoms with van der Waals surface area (Å²) in [5.74, 6) is -1.97. The molecule has 150 valence electrons. The van der Waals surface area contributed by atoms with Gasteiger partial charge in [-0.05, 0) is 31.9 Å². The molecule has 1 heterocycles. The molecule has 1 aromatic rings. The number of carbonyl (C=O) groups excluding carboxylic acids is 1. The van der Waals surface area contributed by atoms with Gasteiger partial charge in [-0.15, -0.1) is 0 Å². The number of halogens is 2. The van der Waals surface area contributed by atoms with Crippen molar-refractivity contribution in [1.29, 1.82) is 0 Å². The molecule has 2 aliphatic rings. The standard InChI is InChI=1S/C19H21ClFN3O4/c1-9(22)6-15(25)16(23)11-7-10(13(20)8-14(11)21)17-12-4-3-5-19(12,28-24-17)18(26)27-2/h6-8,12,25H,3-5,22-23H2,1-2H3/b9-6-,16-15+. The Balaban J connectivity index is 2.07. The van der Waals surface area contributed by atoms with Crippen LogP contribution in [0, 0.1) is 11.7 Å². The normalized spacial score (nSPS) is 24.9. The van der Waals surface area contributed by atoms with Gasteiger partial charge in [-0.2, -0.15) is 0 Å². The van der Waals surface area contributed by atoms with Gasteiger partial charge in [-0.1, -0.05) is 16.8 Å². The maximum Gasteiger partial charge on any atom is 0.353 e. The Kier molecular flexibility index (Phi) is 5.25. The monoisotopic (exact) mass is 409 g/mol. The van der Waals surface area contributed by atoms with Crippen molar-refractivity contribution in [2.75, 3.05) is 7.11 Å². The molecule has 5 N–H and O–H groups in total. The van der Waals surface area contributed by atoms with E-state index in [1.807, 2.05) is 0 Å². The Morgan fingerprint density at radius 1 is 1.50 bits per heavy atom. The van der Waals surface area contributed by atoms with Gasteiger partial charge in [0.25, 0.3) is 0 Å². The lowest BCUT2D eigenvalue weighted by Gasteiger charge is -2.23. The molecule has 28 heavy (non-hydrogen) atoms. The lowest BCUT2D eigenvalue weighted by Crippen LogP contribution is -2.43. The summed E-state index contributed by atoms with van der Waals surface area (Å²) in [6.07, 6.45) is 3.07. The number of methoxy groups -OCH3 is 1. The van der Waals surface area contributed by atoms with Crippen LogP contribution < -0.4 is 11.5 Å². The highest BCUT2D eigenvalue weighted by atomic mass is 35.5. The number of aliphatic hydroxyl groups is 1. The van der Waals surface area contributed by atoms with E-state index in [9.17, 15) is 14.3 Å². The second kappa shape index (κ2) is 7.35. The number of oxime groups is 1. The molecule has 3 rings (SSSR count). The topological polar surface area (TPSA) is 120 Å². The van der Waals surface area contributed by atoms with Crippen LogP contribution in [0.25, 0.3) is 5.70 Å². The lowest BCUT2D eigenvalue weighted by molar-refractivity contribution is -0.168. The number of hydrogen-bond donors (Lipinski definition) is 3. The van der Waals surface area contributed by atoms with E-state index >= 15 is 0 Å². The summed E-state index contributed by atoms with van der Waals surface area (Å²) in [5.41, 5.74) is 11.1. The third kappa shape index (κ3) is 3.17. The number of carbonyl (C=O) groups is 1. The first-order valence-electron chi connectivity index (χ1n) is 8.68. The molecule has 2 atom stereocenters. The Labute approximate surface area is 166 Å². The summed E-state index contributed by atoms with van der Waals surface area (Å²) in [4.78, 5) is 17.8. The van der Waals surface area contributed by atoms with Gasteiger partial charge in [0.15, 0.2) is 0 Å². The number of nitrogens with zero attached hydrogens (tertiary/aromatic N) is 1. The van der Waals surface area contributed by atoms with Crippen molar-refractivity contribution in [2.45, 2.75) is 31.8 Å². The van der Waals surface area contributed by atoms with E-state index in [4.69, 9.17) is 32.6 Å². The van der Waals surface area contributed by atoms with Crippen LogP contribution in [0.3, 0.4) is 0 Å². The predicted molar refractivity (Wildman–Crippen MR) is 103 cm³/mol. The largest absolute Gasteiger partial charge is 0.506 e. The molecule has 1 saturated carbocycles. The number of hydrogen-bond acceptors (Lipinski definition) is 7. The van der Waals surface area contributed by atoms with Gasteiger partial charge in [0.2, 0.25) is 5.60 Å². The number of allylic oxidation sites excluding steroid dienone is 2. The van der Waals surface area contributed by atoms with E-state index in [-0.39, 0.29) is 28.0 Å². The number of esters is 1. The fourth-order valence-electron chi connectivity index (χ4n) is 3.71. The Morgan fingerprint density at radius 2 is 2.21 bits per heavy atom. The molecule has 0 amide bonds. The van der Waals surface area contributed by atoms with Crippen molar-refractivity contribution >= 4 is 29.0 Å². The first-order valence-corrected chi connectivity index (χ1v) is 9.05. The summed E-state index contributed by atoms with van der Waals surface area (Å²) in [6, 6.07) is 2.47. The van der Waals surface area contributed by atoms with Gasteiger partial charge in [0.1, 0.15) is 11.6 Å². The van der Waals surface area contributed by atoms with Crippen LogP contribution in [0.5, 0.6) is 0 Å². The van der Waals surface area contributed by atoms with Crippen LogP contribution >= 0.6 is 11.6 Å². The maximum absolute atomic E-state index is 14.5. The predicted octanol–water partition coefficient (Wildman–Crippen LogP) is 2.97. The highest BCUT2D eigenvalue weighted by Crippen LogP contribution is 2.47. The van der Waals surface area contributed by atoms with Crippen LogP contribution in [0.4, 0.5) is 4.39 Å².